The predicted molar refractivity (Wildman–Crippen MR) is 156 cm³/mol. The second-order valence-corrected chi connectivity index (χ2v) is 11.5. The number of fused-ring (bicyclic) bond motifs is 1. The highest BCUT2D eigenvalue weighted by molar-refractivity contribution is 5.98. The first-order chi connectivity index (χ1) is 19.7. The molecule has 0 bridgehead atoms. The molecule has 4 N–H and O–H groups in total. The smallest absolute Gasteiger partial charge is 0.404 e. The lowest BCUT2D eigenvalue weighted by Gasteiger charge is -2.47. The molecule has 2 aromatic carbocycles. The number of amides is 1. The summed E-state index contributed by atoms with van der Waals surface area (Å²) in [5, 5.41) is 21.6. The fourth-order valence-corrected chi connectivity index (χ4v) is 4.96. The van der Waals surface area contributed by atoms with E-state index in [0.717, 1.165) is 5.57 Å². The van der Waals surface area contributed by atoms with Gasteiger partial charge in [-0.3, -0.25) is 4.79 Å². The number of Topliss-reactive ketones (excluding diaryl/α,β-unsaturated/α-hetero) is 1. The van der Waals surface area contributed by atoms with Gasteiger partial charge in [0.05, 0.1) is 5.60 Å². The number of aliphatic hydroxyl groups is 1. The summed E-state index contributed by atoms with van der Waals surface area (Å²) in [6.45, 7) is 10.9. The van der Waals surface area contributed by atoms with Crippen LogP contribution in [-0.2, 0) is 22.3 Å². The Morgan fingerprint density at radius 3 is 2.50 bits per heavy atom. The van der Waals surface area contributed by atoms with Crippen LogP contribution in [0, 0.1) is 12.8 Å². The third-order valence-electron chi connectivity index (χ3n) is 7.78. The van der Waals surface area contributed by atoms with Crippen LogP contribution in [0.1, 0.15) is 61.7 Å². The van der Waals surface area contributed by atoms with Gasteiger partial charge >= 0.3 is 11.7 Å². The first kappa shape index (κ1) is 30.8. The van der Waals surface area contributed by atoms with Crippen LogP contribution >= 0.6 is 0 Å². The third-order valence-corrected chi connectivity index (χ3v) is 7.78. The zero-order valence-electron chi connectivity index (χ0n) is 24.6. The van der Waals surface area contributed by atoms with Gasteiger partial charge < -0.3 is 34.6 Å². The molecule has 42 heavy (non-hydrogen) atoms. The summed E-state index contributed by atoms with van der Waals surface area (Å²) in [7, 11) is 0. The van der Waals surface area contributed by atoms with Crippen molar-refractivity contribution >= 4 is 22.8 Å². The molecule has 224 valence electrons. The van der Waals surface area contributed by atoms with E-state index in [4.69, 9.17) is 24.4 Å². The van der Waals surface area contributed by atoms with Gasteiger partial charge in [-0.25, -0.2) is 9.59 Å². The molecule has 4 rings (SSSR count). The molecule has 1 aliphatic heterocycles. The van der Waals surface area contributed by atoms with Crippen molar-refractivity contribution in [3.8, 4) is 11.5 Å². The molecule has 1 unspecified atom stereocenters. The van der Waals surface area contributed by atoms with Gasteiger partial charge in [-0.15, -0.1) is 0 Å². The van der Waals surface area contributed by atoms with Crippen LogP contribution in [0.5, 0.6) is 11.5 Å². The molecule has 0 radical (unpaired) electrons. The standard InChI is InChI=1S/C32H37NO9/c1-16(2)7-8-19-13-20(9-11-23(19)34)24(35)15-22-14-21-10-12-25(17(3)27(21)40-29(22)37)39-30-26(36)28(41-31(33)38)18(4)32(5,6)42-30/h7,9-14,18,26,28,30,34,36H,8,15H2,1-6H3,(H2,33,38)/t18-,26+,28-,30?/m1/s1. The summed E-state index contributed by atoms with van der Waals surface area (Å²) in [6.07, 6.45) is -2.27. The zero-order valence-corrected chi connectivity index (χ0v) is 24.6. The Bertz CT molecular complexity index is 1600. The third kappa shape index (κ3) is 6.50. The Morgan fingerprint density at radius 1 is 1.12 bits per heavy atom. The fourth-order valence-electron chi connectivity index (χ4n) is 4.96. The highest BCUT2D eigenvalue weighted by Crippen LogP contribution is 2.38. The first-order valence-electron chi connectivity index (χ1n) is 13.7. The van der Waals surface area contributed by atoms with Gasteiger partial charge in [0, 0.05) is 34.4 Å². The largest absolute Gasteiger partial charge is 0.508 e. The van der Waals surface area contributed by atoms with E-state index in [2.05, 4.69) is 0 Å². The minimum atomic E-state index is -1.33. The summed E-state index contributed by atoms with van der Waals surface area (Å²) in [5.41, 5.74) is 6.73. The van der Waals surface area contributed by atoms with Crippen LogP contribution in [0.3, 0.4) is 0 Å². The van der Waals surface area contributed by atoms with Crippen LogP contribution in [0.4, 0.5) is 4.79 Å². The SMILES string of the molecule is CC(C)=CCc1cc(C(=O)Cc2cc3ccc(OC4OC(C)(C)[C@H](C)[C@@H](OC(N)=O)[C@@H]4O)c(C)c3oc2=O)ccc1O. The molecule has 1 saturated heterocycles. The highest BCUT2D eigenvalue weighted by Gasteiger charge is 2.50. The molecule has 0 spiro atoms. The van der Waals surface area contributed by atoms with E-state index in [-0.39, 0.29) is 40.8 Å². The summed E-state index contributed by atoms with van der Waals surface area (Å²) < 4.78 is 22.8. The number of nitrogens with two attached hydrogens (primary N) is 1. The normalized spacial score (nSPS) is 21.5. The lowest BCUT2D eigenvalue weighted by molar-refractivity contribution is -0.283. The Hall–Kier alpha value is -4.15. The van der Waals surface area contributed by atoms with Gasteiger partial charge in [0.1, 0.15) is 23.2 Å². The second-order valence-electron chi connectivity index (χ2n) is 11.5. The van der Waals surface area contributed by atoms with Crippen molar-refractivity contribution in [1.29, 1.82) is 0 Å². The van der Waals surface area contributed by atoms with Crippen LogP contribution in [-0.4, -0.2) is 46.2 Å². The van der Waals surface area contributed by atoms with Crippen LogP contribution in [0.15, 0.2) is 57.3 Å². The molecule has 10 nitrogen and oxygen atoms in total. The number of aliphatic hydroxyl groups excluding tert-OH is 1. The molecule has 10 heteroatoms. The number of carbonyl (C=O) groups excluding carboxylic acids is 2. The molecule has 0 saturated carbocycles. The summed E-state index contributed by atoms with van der Waals surface area (Å²) in [5.74, 6) is -0.287. The predicted octanol–water partition coefficient (Wildman–Crippen LogP) is 4.72. The number of primary amides is 1. The number of aromatic hydroxyl groups is 1. The molecule has 3 aromatic rings. The zero-order chi connectivity index (χ0) is 30.9. The average molecular weight is 580 g/mol. The maximum Gasteiger partial charge on any atom is 0.404 e. The van der Waals surface area contributed by atoms with Crippen molar-refractivity contribution in [2.75, 3.05) is 0 Å². The maximum absolute atomic E-state index is 13.1. The molecule has 1 fully saturated rings. The van der Waals surface area contributed by atoms with Gasteiger partial charge in [0.2, 0.25) is 6.29 Å². The average Bonchev–Trinajstić information content (AvgIpc) is 2.91. The van der Waals surface area contributed by atoms with Gasteiger partial charge in [-0.05, 0) is 83.0 Å². The van der Waals surface area contributed by atoms with E-state index in [0.29, 0.717) is 28.5 Å². The molecule has 1 amide bonds. The molecule has 0 aliphatic carbocycles. The maximum atomic E-state index is 13.1. The number of phenolic OH excluding ortho intramolecular Hbond substituents is 1. The number of aryl methyl sites for hydroxylation is 1. The lowest BCUT2D eigenvalue weighted by atomic mass is 9.82. The minimum absolute atomic E-state index is 0.0999. The van der Waals surface area contributed by atoms with Gasteiger partial charge in [0.25, 0.3) is 0 Å². The van der Waals surface area contributed by atoms with Crippen LogP contribution in [0.25, 0.3) is 11.0 Å². The number of ketones is 1. The van der Waals surface area contributed by atoms with Crippen molar-refractivity contribution in [2.24, 2.45) is 11.7 Å². The van der Waals surface area contributed by atoms with E-state index >= 15 is 0 Å². The van der Waals surface area contributed by atoms with Crippen molar-refractivity contribution in [2.45, 2.75) is 78.5 Å². The minimum Gasteiger partial charge on any atom is -0.508 e. The van der Waals surface area contributed by atoms with E-state index in [1.165, 1.54) is 12.1 Å². The lowest BCUT2D eigenvalue weighted by Crippen LogP contribution is -2.61. The number of benzene rings is 2. The van der Waals surface area contributed by atoms with E-state index in [1.807, 2.05) is 19.9 Å². The first-order valence-corrected chi connectivity index (χ1v) is 13.7. The fraction of sp³-hybridized carbons (Fsp3) is 0.406. The van der Waals surface area contributed by atoms with Gasteiger partial charge in [-0.1, -0.05) is 18.6 Å². The second kappa shape index (κ2) is 12.0. The number of ether oxygens (including phenoxy) is 3. The van der Waals surface area contributed by atoms with E-state index < -0.39 is 35.8 Å². The van der Waals surface area contributed by atoms with Gasteiger partial charge in [-0.2, -0.15) is 0 Å². The number of hydrogen-bond acceptors (Lipinski definition) is 9. The molecule has 1 aliphatic rings. The van der Waals surface area contributed by atoms with Crippen LogP contribution < -0.4 is 16.1 Å². The molecular weight excluding hydrogens is 542 g/mol. The Morgan fingerprint density at radius 2 is 1.83 bits per heavy atom. The van der Waals surface area contributed by atoms with E-state index in [9.17, 15) is 24.6 Å². The number of rotatable bonds is 8. The molecular formula is C32H37NO9. The molecule has 2 heterocycles. The Labute approximate surface area is 243 Å². The Kier molecular flexibility index (Phi) is 8.79. The summed E-state index contributed by atoms with van der Waals surface area (Å²) in [6, 6.07) is 9.57. The van der Waals surface area contributed by atoms with Crippen molar-refractivity contribution in [1.82, 2.24) is 0 Å². The van der Waals surface area contributed by atoms with Crippen LogP contribution in [0.2, 0.25) is 0 Å². The van der Waals surface area contributed by atoms with E-state index in [1.54, 1.807) is 52.0 Å². The highest BCUT2D eigenvalue weighted by atomic mass is 16.7. The van der Waals surface area contributed by atoms with Crippen molar-refractivity contribution < 1.29 is 38.4 Å². The Balaban J connectivity index is 1.58. The topological polar surface area (TPSA) is 159 Å². The number of hydrogen-bond donors (Lipinski definition) is 3. The quantitative estimate of drug-likeness (QED) is 0.195. The van der Waals surface area contributed by atoms with Gasteiger partial charge in [0.15, 0.2) is 11.9 Å². The summed E-state index contributed by atoms with van der Waals surface area (Å²) in [4.78, 5) is 37.5. The molecule has 4 atom stereocenters. The molecule has 1 aromatic heterocycles. The number of phenols is 1. The number of allylic oxidation sites excluding steroid dienone is 2. The number of carbonyl (C=O) groups is 2. The van der Waals surface area contributed by atoms with Crippen molar-refractivity contribution in [3.05, 3.63) is 80.7 Å². The monoisotopic (exact) mass is 579 g/mol. The van der Waals surface area contributed by atoms with Crippen molar-refractivity contribution in [3.63, 3.8) is 0 Å². The summed E-state index contributed by atoms with van der Waals surface area (Å²) >= 11 is 0.